The molecule has 0 aliphatic carbocycles. The summed E-state index contributed by atoms with van der Waals surface area (Å²) >= 11 is 0. The van der Waals surface area contributed by atoms with E-state index in [9.17, 15) is 4.79 Å². The van der Waals surface area contributed by atoms with E-state index in [4.69, 9.17) is 0 Å². The lowest BCUT2D eigenvalue weighted by atomic mass is 9.87. The maximum absolute atomic E-state index is 10.9. The second-order valence-corrected chi connectivity index (χ2v) is 4.16. The number of H-pyrrole nitrogens is 1. The molecule has 0 amide bonds. The van der Waals surface area contributed by atoms with Gasteiger partial charge in [-0.05, 0) is 20.8 Å². The van der Waals surface area contributed by atoms with Crippen molar-refractivity contribution in [1.29, 1.82) is 0 Å². The summed E-state index contributed by atoms with van der Waals surface area (Å²) in [7, 11) is 0. The van der Waals surface area contributed by atoms with Gasteiger partial charge in [0.25, 0.3) is 0 Å². The van der Waals surface area contributed by atoms with Crippen LogP contribution >= 0.6 is 0 Å². The summed E-state index contributed by atoms with van der Waals surface area (Å²) in [5, 5.41) is 13.5. The first-order chi connectivity index (χ1) is 7.44. The summed E-state index contributed by atoms with van der Waals surface area (Å²) in [6, 6.07) is 0. The average molecular weight is 224 g/mol. The van der Waals surface area contributed by atoms with Gasteiger partial charge in [-0.3, -0.25) is 4.79 Å². The molecular weight excluding hydrogens is 204 g/mol. The third-order valence-corrected chi connectivity index (χ3v) is 1.97. The summed E-state index contributed by atoms with van der Waals surface area (Å²) in [5.74, 6) is 0.711. The van der Waals surface area contributed by atoms with Crippen LogP contribution in [-0.4, -0.2) is 26.4 Å². The van der Waals surface area contributed by atoms with Gasteiger partial charge in [0.15, 0.2) is 5.82 Å². The molecule has 1 heterocycles. The number of aromatic nitrogens is 4. The van der Waals surface area contributed by atoms with Crippen LogP contribution < -0.4 is 0 Å². The predicted octanol–water partition coefficient (Wildman–Crippen LogP) is 2.04. The van der Waals surface area contributed by atoms with Gasteiger partial charge in [0.1, 0.15) is 5.78 Å². The number of allylic oxidation sites excluding steroid dienone is 2. The molecule has 1 rings (SSSR count). The van der Waals surface area contributed by atoms with E-state index in [0.717, 1.165) is 0 Å². The zero-order valence-electron chi connectivity index (χ0n) is 10.6. The van der Waals surface area contributed by atoms with E-state index < -0.39 is 0 Å². The summed E-state index contributed by atoms with van der Waals surface area (Å²) in [4.78, 5) is 10.9. The van der Waals surface area contributed by atoms with Crippen molar-refractivity contribution in [3.8, 4) is 0 Å². The van der Waals surface area contributed by atoms with Crippen LogP contribution in [0.2, 0.25) is 0 Å². The van der Waals surface area contributed by atoms with E-state index in [1.165, 1.54) is 0 Å². The van der Waals surface area contributed by atoms with Crippen LogP contribution in [0.15, 0.2) is 12.2 Å². The Morgan fingerprint density at radius 3 is 2.25 bits per heavy atom. The number of rotatable bonds is 3. The molecule has 1 N–H and O–H groups in total. The van der Waals surface area contributed by atoms with Gasteiger partial charge in [0.05, 0.1) is 0 Å². The molecule has 0 unspecified atom stereocenters. The molecule has 0 fully saturated rings. The molecule has 0 bridgehead atoms. The summed E-state index contributed by atoms with van der Waals surface area (Å²) in [5.41, 5.74) is -0.321. The van der Waals surface area contributed by atoms with E-state index in [-0.39, 0.29) is 11.2 Å². The number of tetrazole rings is 1. The van der Waals surface area contributed by atoms with Gasteiger partial charge in [-0.15, -0.1) is 10.2 Å². The minimum atomic E-state index is -0.321. The van der Waals surface area contributed by atoms with Crippen molar-refractivity contribution < 1.29 is 4.79 Å². The molecular formula is C11H20N4O. The number of hydrogen-bond donors (Lipinski definition) is 1. The number of ketones is 1. The van der Waals surface area contributed by atoms with Gasteiger partial charge in [-0.25, -0.2) is 0 Å². The molecule has 16 heavy (non-hydrogen) atoms. The minimum Gasteiger partial charge on any atom is -0.300 e. The third-order valence-electron chi connectivity index (χ3n) is 1.97. The van der Waals surface area contributed by atoms with Gasteiger partial charge < -0.3 is 0 Å². The largest absolute Gasteiger partial charge is 0.300 e. The first kappa shape index (κ1) is 14.5. The first-order valence-electron chi connectivity index (χ1n) is 5.24. The Morgan fingerprint density at radius 1 is 1.38 bits per heavy atom. The summed E-state index contributed by atoms with van der Waals surface area (Å²) in [6.07, 6.45) is 4.44. The highest BCUT2D eigenvalue weighted by atomic mass is 16.1. The fourth-order valence-corrected chi connectivity index (χ4v) is 1.15. The van der Waals surface area contributed by atoms with Crippen molar-refractivity contribution in [1.82, 2.24) is 20.6 Å². The first-order valence-corrected chi connectivity index (χ1v) is 5.24. The van der Waals surface area contributed by atoms with Crippen LogP contribution in [0.25, 0.3) is 0 Å². The van der Waals surface area contributed by atoms with E-state index in [2.05, 4.69) is 20.6 Å². The molecule has 0 aliphatic rings. The van der Waals surface area contributed by atoms with Crippen LogP contribution in [0.4, 0.5) is 0 Å². The van der Waals surface area contributed by atoms with Gasteiger partial charge in [-0.2, -0.15) is 5.21 Å². The van der Waals surface area contributed by atoms with E-state index in [1.54, 1.807) is 6.92 Å². The Labute approximate surface area is 96.3 Å². The molecule has 0 saturated heterocycles. The van der Waals surface area contributed by atoms with Crippen LogP contribution in [0.5, 0.6) is 0 Å². The summed E-state index contributed by atoms with van der Waals surface area (Å²) in [6.45, 7) is 9.39. The highest BCUT2D eigenvalue weighted by Crippen LogP contribution is 2.22. The molecule has 5 nitrogen and oxygen atoms in total. The zero-order valence-corrected chi connectivity index (χ0v) is 10.6. The maximum Gasteiger partial charge on any atom is 0.180 e. The molecule has 0 spiro atoms. The normalized spacial score (nSPS) is 11.1. The molecule has 1 aromatic rings. The lowest BCUT2D eigenvalue weighted by Gasteiger charge is -2.17. The maximum atomic E-state index is 10.9. The standard InChI is InChI=1S/C7H12N4O.C4H8/c1-5(12)4-7(2,3)6-8-10-11-9-6;1-3-4-2/h4H2,1-3H3,(H,8,9,10,11);3-4H,1-2H3. The van der Waals surface area contributed by atoms with Crippen molar-refractivity contribution in [3.63, 3.8) is 0 Å². The van der Waals surface area contributed by atoms with E-state index in [1.807, 2.05) is 39.8 Å². The molecule has 90 valence electrons. The molecule has 0 saturated carbocycles. The number of nitrogens with one attached hydrogen (secondary N) is 1. The van der Waals surface area contributed by atoms with Crippen molar-refractivity contribution in [3.05, 3.63) is 18.0 Å². The Balaban J connectivity index is 0.000000487. The summed E-state index contributed by atoms with van der Waals surface area (Å²) < 4.78 is 0. The lowest BCUT2D eigenvalue weighted by molar-refractivity contribution is -0.118. The molecule has 0 aliphatic heterocycles. The second-order valence-electron chi connectivity index (χ2n) is 4.16. The van der Waals surface area contributed by atoms with Gasteiger partial charge in [-0.1, -0.05) is 31.2 Å². The zero-order chi connectivity index (χ0) is 12.6. The number of Topliss-reactive ketones (excluding diaryl/α,β-unsaturated/α-hetero) is 1. The van der Waals surface area contributed by atoms with Crippen molar-refractivity contribution >= 4 is 5.78 Å². The molecule has 0 radical (unpaired) electrons. The number of hydrogen-bond acceptors (Lipinski definition) is 4. The van der Waals surface area contributed by atoms with Crippen LogP contribution in [-0.2, 0) is 10.2 Å². The highest BCUT2D eigenvalue weighted by molar-refractivity contribution is 5.76. The molecule has 1 aromatic heterocycles. The number of nitrogens with zero attached hydrogens (tertiary/aromatic N) is 3. The number of aromatic amines is 1. The minimum absolute atomic E-state index is 0.129. The SMILES string of the molecule is CC(=O)CC(C)(C)c1nn[nH]n1.CC=CC. The fraction of sp³-hybridized carbons (Fsp3) is 0.636. The van der Waals surface area contributed by atoms with Crippen molar-refractivity contribution in [2.45, 2.75) is 46.5 Å². The van der Waals surface area contributed by atoms with Crippen LogP contribution in [0.3, 0.4) is 0 Å². The third kappa shape index (κ3) is 5.38. The van der Waals surface area contributed by atoms with E-state index in [0.29, 0.717) is 12.2 Å². The molecule has 5 heteroatoms. The monoisotopic (exact) mass is 224 g/mol. The lowest BCUT2D eigenvalue weighted by Crippen LogP contribution is -2.22. The Hall–Kier alpha value is -1.52. The Bertz CT molecular complexity index is 324. The smallest absolute Gasteiger partial charge is 0.180 e. The Morgan fingerprint density at radius 2 is 1.94 bits per heavy atom. The van der Waals surface area contributed by atoms with E-state index >= 15 is 0 Å². The molecule has 0 aromatic carbocycles. The van der Waals surface area contributed by atoms with Crippen LogP contribution in [0, 0.1) is 0 Å². The van der Waals surface area contributed by atoms with Gasteiger partial charge in [0, 0.05) is 11.8 Å². The highest BCUT2D eigenvalue weighted by Gasteiger charge is 2.26. The number of carbonyl (C=O) groups is 1. The average Bonchev–Trinajstić information content (AvgIpc) is 2.69. The predicted molar refractivity (Wildman–Crippen MR) is 63.0 cm³/mol. The topological polar surface area (TPSA) is 71.5 Å². The van der Waals surface area contributed by atoms with Crippen molar-refractivity contribution in [2.75, 3.05) is 0 Å². The second kappa shape index (κ2) is 6.87. The van der Waals surface area contributed by atoms with Crippen molar-refractivity contribution in [2.24, 2.45) is 0 Å². The fourth-order valence-electron chi connectivity index (χ4n) is 1.15. The Kier molecular flexibility index (Phi) is 6.22. The quantitative estimate of drug-likeness (QED) is 0.797. The molecule has 0 atom stereocenters. The number of carbonyl (C=O) groups excluding carboxylic acids is 1. The van der Waals surface area contributed by atoms with Crippen LogP contribution in [0.1, 0.15) is 46.9 Å². The van der Waals surface area contributed by atoms with Gasteiger partial charge >= 0.3 is 0 Å². The van der Waals surface area contributed by atoms with Gasteiger partial charge in [0.2, 0.25) is 0 Å².